The Balaban J connectivity index is 1.65. The van der Waals surface area contributed by atoms with E-state index in [1.165, 1.54) is 24.9 Å². The van der Waals surface area contributed by atoms with E-state index in [0.29, 0.717) is 12.8 Å². The minimum atomic E-state index is -1.77. The Kier molecular flexibility index (Phi) is 12.8. The van der Waals surface area contributed by atoms with Crippen molar-refractivity contribution < 1.29 is 23.9 Å². The van der Waals surface area contributed by atoms with Crippen molar-refractivity contribution >= 4 is 75.5 Å². The fraction of sp³-hybridized carbons (Fsp3) is 0.500. The fourth-order valence-corrected chi connectivity index (χ4v) is 4.86. The SMILES string of the molecule is CCc1ccc2ccc(/C=C/C(C)(C#N)C(=O)NC(C(=O)NC(C)C(=O)N3CCCC(C(=O)OCC(Cl)(Cl)Cl)N3)C(C)C)cc2n1. The molecule has 1 aromatic heterocycles. The highest BCUT2D eigenvalue weighted by Gasteiger charge is 2.37. The van der Waals surface area contributed by atoms with Crippen LogP contribution in [0.1, 0.15) is 58.7 Å². The van der Waals surface area contributed by atoms with E-state index in [4.69, 9.17) is 39.5 Å². The van der Waals surface area contributed by atoms with E-state index in [-0.39, 0.29) is 12.5 Å². The topological polar surface area (TPSA) is 154 Å². The van der Waals surface area contributed by atoms with Gasteiger partial charge in [0.25, 0.3) is 5.91 Å². The van der Waals surface area contributed by atoms with E-state index >= 15 is 0 Å². The third kappa shape index (κ3) is 10.0. The van der Waals surface area contributed by atoms with Crippen molar-refractivity contribution in [3.8, 4) is 6.07 Å². The first-order valence-electron chi connectivity index (χ1n) is 15.0. The quantitative estimate of drug-likeness (QED) is 0.231. The van der Waals surface area contributed by atoms with E-state index in [1.54, 1.807) is 19.9 Å². The molecule has 2 aromatic rings. The van der Waals surface area contributed by atoms with Gasteiger partial charge >= 0.3 is 5.97 Å². The number of hydrogen-bond donors (Lipinski definition) is 3. The third-order valence-corrected chi connectivity index (χ3v) is 7.86. The molecule has 14 heteroatoms. The molecular formula is C32H39Cl3N6O5. The number of alkyl halides is 3. The van der Waals surface area contributed by atoms with Gasteiger partial charge in [-0.25, -0.2) is 5.43 Å². The van der Waals surface area contributed by atoms with Crippen LogP contribution in [0, 0.1) is 22.7 Å². The average molecular weight is 694 g/mol. The van der Waals surface area contributed by atoms with Gasteiger partial charge in [0.1, 0.15) is 24.7 Å². The number of nitrogens with one attached hydrogen (secondary N) is 3. The normalized spacial score (nSPS) is 18.0. The van der Waals surface area contributed by atoms with Crippen LogP contribution in [0.25, 0.3) is 17.0 Å². The number of benzene rings is 1. The smallest absolute Gasteiger partial charge is 0.325 e. The molecule has 1 fully saturated rings. The van der Waals surface area contributed by atoms with E-state index in [9.17, 15) is 24.4 Å². The van der Waals surface area contributed by atoms with Crippen LogP contribution in [0.2, 0.25) is 0 Å². The lowest BCUT2D eigenvalue weighted by molar-refractivity contribution is -0.152. The summed E-state index contributed by atoms with van der Waals surface area (Å²) in [6.45, 7) is 8.31. The van der Waals surface area contributed by atoms with Crippen molar-refractivity contribution in [1.29, 1.82) is 5.26 Å². The third-order valence-electron chi connectivity index (χ3n) is 7.53. The second kappa shape index (κ2) is 15.9. The first kappa shape index (κ1) is 37.0. The molecule has 1 saturated heterocycles. The molecule has 0 saturated carbocycles. The summed E-state index contributed by atoms with van der Waals surface area (Å²) in [4.78, 5) is 56.9. The molecule has 1 aliphatic rings. The number of hydrazine groups is 1. The number of aryl methyl sites for hydroxylation is 1. The summed E-state index contributed by atoms with van der Waals surface area (Å²) in [6.07, 6.45) is 4.86. The number of pyridine rings is 1. The second-order valence-electron chi connectivity index (χ2n) is 11.7. The molecule has 1 aromatic carbocycles. The van der Waals surface area contributed by atoms with Crippen LogP contribution in [0.15, 0.2) is 36.4 Å². The maximum atomic E-state index is 13.4. The number of aromatic nitrogens is 1. The molecule has 0 radical (unpaired) electrons. The Morgan fingerprint density at radius 2 is 1.87 bits per heavy atom. The number of nitrogens with zero attached hydrogens (tertiary/aromatic N) is 3. The second-order valence-corrected chi connectivity index (χ2v) is 14.2. The molecule has 0 spiro atoms. The number of ether oxygens (including phenoxy) is 1. The summed E-state index contributed by atoms with van der Waals surface area (Å²) < 4.78 is 3.25. The van der Waals surface area contributed by atoms with Gasteiger partial charge in [0.05, 0.1) is 11.6 Å². The van der Waals surface area contributed by atoms with Crippen molar-refractivity contribution in [2.75, 3.05) is 13.2 Å². The van der Waals surface area contributed by atoms with Gasteiger partial charge in [-0.3, -0.25) is 29.2 Å². The monoisotopic (exact) mass is 692 g/mol. The lowest BCUT2D eigenvalue weighted by Gasteiger charge is -2.35. The summed E-state index contributed by atoms with van der Waals surface area (Å²) in [7, 11) is 0. The maximum absolute atomic E-state index is 13.4. The van der Waals surface area contributed by atoms with E-state index < -0.39 is 57.6 Å². The van der Waals surface area contributed by atoms with Gasteiger partial charge in [-0.15, -0.1) is 0 Å². The highest BCUT2D eigenvalue weighted by atomic mass is 35.6. The van der Waals surface area contributed by atoms with Crippen molar-refractivity contribution in [3.63, 3.8) is 0 Å². The number of carbonyl (C=O) groups excluding carboxylic acids is 4. The van der Waals surface area contributed by atoms with Crippen LogP contribution in [-0.4, -0.2) is 68.8 Å². The minimum absolute atomic E-state index is 0.289. The van der Waals surface area contributed by atoms with Gasteiger partial charge in [-0.05, 0) is 56.7 Å². The Bertz CT molecular complexity index is 1520. The van der Waals surface area contributed by atoms with Crippen molar-refractivity contribution in [3.05, 3.63) is 47.7 Å². The van der Waals surface area contributed by atoms with Crippen LogP contribution in [0.4, 0.5) is 0 Å². The molecule has 46 heavy (non-hydrogen) atoms. The Hall–Kier alpha value is -3.43. The molecule has 3 rings (SSSR count). The van der Waals surface area contributed by atoms with E-state index in [0.717, 1.165) is 28.6 Å². The maximum Gasteiger partial charge on any atom is 0.325 e. The lowest BCUT2D eigenvalue weighted by Crippen LogP contribution is -2.61. The Labute approximate surface area is 283 Å². The standard InChI is InChI=1S/C32H39Cl3N6O5/c1-6-23-12-11-22-10-9-21(16-25(22)38-23)13-14-31(5,17-36)30(45)39-26(19(2)3)27(42)37-20(4)28(43)41-15-7-8-24(40-41)29(44)46-18-32(33,34)35/h9-14,16,19-20,24,26,40H,6-8,15,18H2,1-5H3,(H,37,42)(H,39,45)/b14-13+. The zero-order chi connectivity index (χ0) is 34.2. The molecular weight excluding hydrogens is 655 g/mol. The summed E-state index contributed by atoms with van der Waals surface area (Å²) in [6, 6.07) is 8.81. The number of esters is 1. The highest BCUT2D eigenvalue weighted by molar-refractivity contribution is 6.67. The number of amides is 3. The van der Waals surface area contributed by atoms with Crippen LogP contribution < -0.4 is 16.1 Å². The molecule has 4 atom stereocenters. The number of fused-ring (bicyclic) bond motifs is 1. The first-order valence-corrected chi connectivity index (χ1v) is 16.1. The van der Waals surface area contributed by atoms with Crippen molar-refractivity contribution in [2.45, 2.75) is 75.8 Å². The van der Waals surface area contributed by atoms with Gasteiger partial charge < -0.3 is 15.4 Å². The summed E-state index contributed by atoms with van der Waals surface area (Å²) in [5.74, 6) is -2.82. The van der Waals surface area contributed by atoms with Crippen molar-refractivity contribution in [1.82, 2.24) is 26.1 Å². The van der Waals surface area contributed by atoms with Crippen LogP contribution >= 0.6 is 34.8 Å². The molecule has 0 bridgehead atoms. The highest BCUT2D eigenvalue weighted by Crippen LogP contribution is 2.26. The molecule has 3 N–H and O–H groups in total. The predicted octanol–water partition coefficient (Wildman–Crippen LogP) is 4.39. The lowest BCUT2D eigenvalue weighted by atomic mass is 9.89. The fourth-order valence-electron chi connectivity index (χ4n) is 4.70. The minimum Gasteiger partial charge on any atom is -0.460 e. The molecule has 0 aliphatic carbocycles. The Morgan fingerprint density at radius 3 is 2.50 bits per heavy atom. The van der Waals surface area contributed by atoms with Gasteiger partial charge in [-0.1, -0.05) is 85.9 Å². The summed E-state index contributed by atoms with van der Waals surface area (Å²) >= 11 is 16.9. The van der Waals surface area contributed by atoms with Crippen LogP contribution in [-0.2, 0) is 30.3 Å². The van der Waals surface area contributed by atoms with Gasteiger partial charge in [-0.2, -0.15) is 5.26 Å². The first-order chi connectivity index (χ1) is 21.6. The van der Waals surface area contributed by atoms with Gasteiger partial charge in [0.15, 0.2) is 5.41 Å². The zero-order valence-electron chi connectivity index (χ0n) is 26.4. The number of nitriles is 1. The number of rotatable bonds is 11. The average Bonchev–Trinajstić information content (AvgIpc) is 3.03. The molecule has 248 valence electrons. The summed E-state index contributed by atoms with van der Waals surface area (Å²) in [5, 5.41) is 17.5. The molecule has 3 amide bonds. The zero-order valence-corrected chi connectivity index (χ0v) is 28.7. The largest absolute Gasteiger partial charge is 0.460 e. The number of carbonyl (C=O) groups is 4. The van der Waals surface area contributed by atoms with E-state index in [2.05, 4.69) is 21.0 Å². The van der Waals surface area contributed by atoms with Crippen molar-refractivity contribution in [2.24, 2.45) is 11.3 Å². The molecule has 11 nitrogen and oxygen atoms in total. The predicted molar refractivity (Wildman–Crippen MR) is 177 cm³/mol. The molecule has 1 aliphatic heterocycles. The van der Waals surface area contributed by atoms with Crippen LogP contribution in [0.3, 0.4) is 0 Å². The molecule has 2 heterocycles. The molecule has 4 unspecified atom stereocenters. The Morgan fingerprint density at radius 1 is 1.17 bits per heavy atom. The number of halogens is 3. The van der Waals surface area contributed by atoms with E-state index in [1.807, 2.05) is 43.3 Å². The number of hydrogen-bond acceptors (Lipinski definition) is 8. The summed E-state index contributed by atoms with van der Waals surface area (Å²) in [5.41, 5.74) is 3.74. The van der Waals surface area contributed by atoms with Crippen LogP contribution in [0.5, 0.6) is 0 Å². The van der Waals surface area contributed by atoms with Gasteiger partial charge in [0, 0.05) is 17.6 Å². The van der Waals surface area contributed by atoms with Gasteiger partial charge in [0.2, 0.25) is 15.6 Å².